The van der Waals surface area contributed by atoms with Gasteiger partial charge in [0.25, 0.3) is 11.8 Å². The van der Waals surface area contributed by atoms with Crippen LogP contribution in [0.3, 0.4) is 0 Å². The number of carbonyl (C=O) groups is 2. The summed E-state index contributed by atoms with van der Waals surface area (Å²) in [6.07, 6.45) is 5.44. The second kappa shape index (κ2) is 9.06. The summed E-state index contributed by atoms with van der Waals surface area (Å²) < 4.78 is 1.72. The third-order valence-corrected chi connectivity index (χ3v) is 6.26. The second-order valence-corrected chi connectivity index (χ2v) is 8.74. The molecule has 8 nitrogen and oxygen atoms in total. The summed E-state index contributed by atoms with van der Waals surface area (Å²) in [6, 6.07) is 15.2. The maximum Gasteiger partial charge on any atom is 0.253 e. The van der Waals surface area contributed by atoms with E-state index in [1.165, 1.54) is 6.33 Å². The number of fused-ring (bicyclic) bond motifs is 1. The van der Waals surface area contributed by atoms with Crippen LogP contribution >= 0.6 is 0 Å². The zero-order valence-corrected chi connectivity index (χ0v) is 19.5. The lowest BCUT2D eigenvalue weighted by Crippen LogP contribution is -2.27. The molecule has 0 unspecified atom stereocenters. The quantitative estimate of drug-likeness (QED) is 0.424. The smallest absolute Gasteiger partial charge is 0.253 e. The number of likely N-dealkylation sites (tertiary alicyclic amines) is 1. The van der Waals surface area contributed by atoms with Gasteiger partial charge in [0.05, 0.1) is 0 Å². The fraction of sp³-hybridized carbons (Fsp3) is 0.185. The van der Waals surface area contributed by atoms with Gasteiger partial charge in [-0.05, 0) is 55.2 Å². The van der Waals surface area contributed by atoms with Crippen LogP contribution in [-0.2, 0) is 4.79 Å². The van der Waals surface area contributed by atoms with Gasteiger partial charge < -0.3 is 16.0 Å². The SMILES string of the molecule is C=C(C)C(=O)Nc1ccc(-c2cn3ncnc(N)c3c2-c2ccc(C(=O)N3CCCC3)cc2)cc1. The van der Waals surface area contributed by atoms with Crippen molar-refractivity contribution in [2.75, 3.05) is 24.1 Å². The van der Waals surface area contributed by atoms with Gasteiger partial charge in [0.15, 0.2) is 5.82 Å². The summed E-state index contributed by atoms with van der Waals surface area (Å²) in [6.45, 7) is 6.96. The highest BCUT2D eigenvalue weighted by Crippen LogP contribution is 2.39. The number of nitrogens with one attached hydrogen (secondary N) is 1. The minimum atomic E-state index is -0.223. The van der Waals surface area contributed by atoms with E-state index in [-0.39, 0.29) is 11.8 Å². The molecule has 5 rings (SSSR count). The number of benzene rings is 2. The van der Waals surface area contributed by atoms with Crippen LogP contribution in [0.5, 0.6) is 0 Å². The molecule has 1 aliphatic heterocycles. The molecule has 3 N–H and O–H groups in total. The molecule has 2 aromatic carbocycles. The van der Waals surface area contributed by atoms with Crippen molar-refractivity contribution in [1.29, 1.82) is 0 Å². The van der Waals surface area contributed by atoms with E-state index in [0.29, 0.717) is 28.2 Å². The van der Waals surface area contributed by atoms with E-state index in [4.69, 9.17) is 5.73 Å². The van der Waals surface area contributed by atoms with E-state index < -0.39 is 0 Å². The Kier molecular flexibility index (Phi) is 5.78. The van der Waals surface area contributed by atoms with E-state index in [1.807, 2.05) is 59.6 Å². The fourth-order valence-corrected chi connectivity index (χ4v) is 4.40. The van der Waals surface area contributed by atoms with Crippen LogP contribution in [0.1, 0.15) is 30.1 Å². The summed E-state index contributed by atoms with van der Waals surface area (Å²) in [5.74, 6) is 0.203. The Hall–Kier alpha value is -4.46. The van der Waals surface area contributed by atoms with Gasteiger partial charge in [0, 0.05) is 47.2 Å². The summed E-state index contributed by atoms with van der Waals surface area (Å²) >= 11 is 0. The Bertz CT molecular complexity index is 1430. The molecule has 1 saturated heterocycles. The van der Waals surface area contributed by atoms with Gasteiger partial charge in [0.1, 0.15) is 11.8 Å². The molecule has 176 valence electrons. The third kappa shape index (κ3) is 4.26. The predicted octanol–water partition coefficient (Wildman–Crippen LogP) is 4.40. The van der Waals surface area contributed by atoms with Gasteiger partial charge in [-0.3, -0.25) is 9.59 Å². The Morgan fingerprint density at radius 2 is 1.66 bits per heavy atom. The number of amides is 2. The molecule has 0 bridgehead atoms. The summed E-state index contributed by atoms with van der Waals surface area (Å²) in [4.78, 5) is 30.8. The number of nitrogens with zero attached hydrogens (tertiary/aromatic N) is 4. The molecule has 0 atom stereocenters. The van der Waals surface area contributed by atoms with Crippen molar-refractivity contribution in [3.8, 4) is 22.3 Å². The zero-order valence-electron chi connectivity index (χ0n) is 19.5. The van der Waals surface area contributed by atoms with Crippen LogP contribution in [0.2, 0.25) is 0 Å². The number of nitrogens with two attached hydrogens (primary N) is 1. The molecule has 0 spiro atoms. The van der Waals surface area contributed by atoms with Crippen molar-refractivity contribution < 1.29 is 9.59 Å². The fourth-order valence-electron chi connectivity index (χ4n) is 4.40. The van der Waals surface area contributed by atoms with Crippen molar-refractivity contribution in [2.24, 2.45) is 0 Å². The highest BCUT2D eigenvalue weighted by molar-refractivity contribution is 6.03. The number of hydrogen-bond acceptors (Lipinski definition) is 5. The highest BCUT2D eigenvalue weighted by Gasteiger charge is 2.21. The van der Waals surface area contributed by atoms with Crippen molar-refractivity contribution in [3.05, 3.63) is 78.8 Å². The number of hydrogen-bond donors (Lipinski definition) is 2. The lowest BCUT2D eigenvalue weighted by molar-refractivity contribution is -0.112. The molecule has 0 radical (unpaired) electrons. The van der Waals surface area contributed by atoms with E-state index in [0.717, 1.165) is 48.2 Å². The van der Waals surface area contributed by atoms with E-state index >= 15 is 0 Å². The Morgan fingerprint density at radius 3 is 2.31 bits per heavy atom. The molecular weight excluding hydrogens is 440 g/mol. The predicted molar refractivity (Wildman–Crippen MR) is 137 cm³/mol. The number of rotatable bonds is 5. The molecule has 4 aromatic rings. The van der Waals surface area contributed by atoms with Gasteiger partial charge in [0.2, 0.25) is 0 Å². The molecule has 2 aromatic heterocycles. The van der Waals surface area contributed by atoms with Crippen molar-refractivity contribution in [3.63, 3.8) is 0 Å². The first kappa shape index (κ1) is 22.3. The lowest BCUT2D eigenvalue weighted by Gasteiger charge is -2.15. The number of aromatic nitrogens is 3. The molecule has 2 amide bonds. The topological polar surface area (TPSA) is 106 Å². The van der Waals surface area contributed by atoms with Crippen molar-refractivity contribution >= 4 is 28.8 Å². The molecule has 0 aliphatic carbocycles. The average Bonchev–Trinajstić information content (AvgIpc) is 3.53. The van der Waals surface area contributed by atoms with Gasteiger partial charge in [-0.1, -0.05) is 30.8 Å². The van der Waals surface area contributed by atoms with Gasteiger partial charge in [-0.15, -0.1) is 0 Å². The summed E-state index contributed by atoms with van der Waals surface area (Å²) in [5.41, 5.74) is 12.4. The van der Waals surface area contributed by atoms with E-state index in [9.17, 15) is 9.59 Å². The van der Waals surface area contributed by atoms with Gasteiger partial charge >= 0.3 is 0 Å². The van der Waals surface area contributed by atoms with Crippen LogP contribution in [-0.4, -0.2) is 44.4 Å². The Morgan fingerprint density at radius 1 is 1.00 bits per heavy atom. The molecule has 1 aliphatic rings. The molecule has 8 heteroatoms. The van der Waals surface area contributed by atoms with Crippen LogP contribution < -0.4 is 11.1 Å². The minimum absolute atomic E-state index is 0.0613. The maximum absolute atomic E-state index is 12.8. The summed E-state index contributed by atoms with van der Waals surface area (Å²) in [7, 11) is 0. The normalized spacial score (nSPS) is 13.2. The van der Waals surface area contributed by atoms with Crippen LogP contribution in [0.15, 0.2) is 73.2 Å². The summed E-state index contributed by atoms with van der Waals surface area (Å²) in [5, 5.41) is 7.17. The van der Waals surface area contributed by atoms with Gasteiger partial charge in [-0.2, -0.15) is 5.10 Å². The third-order valence-electron chi connectivity index (χ3n) is 6.26. The van der Waals surface area contributed by atoms with Gasteiger partial charge in [-0.25, -0.2) is 9.50 Å². The zero-order chi connectivity index (χ0) is 24.5. The largest absolute Gasteiger partial charge is 0.382 e. The Balaban J connectivity index is 1.55. The molecular formula is C27H26N6O2. The van der Waals surface area contributed by atoms with Crippen molar-refractivity contribution in [2.45, 2.75) is 19.8 Å². The molecule has 3 heterocycles. The van der Waals surface area contributed by atoms with Crippen LogP contribution in [0.25, 0.3) is 27.8 Å². The van der Waals surface area contributed by atoms with E-state index in [1.54, 1.807) is 11.4 Å². The standard InChI is InChI=1S/C27H26N6O2/c1-17(2)26(34)31-21-11-9-18(10-12-21)22-15-33-24(25(28)29-16-30-33)23(22)19-5-7-20(8-6-19)27(35)32-13-3-4-14-32/h5-12,15-16H,1,3-4,13-14H2,2H3,(H,31,34)(H2,28,29,30). The maximum atomic E-state index is 12.8. The first-order chi connectivity index (χ1) is 16.9. The average molecular weight is 467 g/mol. The van der Waals surface area contributed by atoms with Crippen LogP contribution in [0, 0.1) is 0 Å². The highest BCUT2D eigenvalue weighted by atomic mass is 16.2. The van der Waals surface area contributed by atoms with E-state index in [2.05, 4.69) is 22.0 Å². The molecule has 35 heavy (non-hydrogen) atoms. The number of anilines is 2. The van der Waals surface area contributed by atoms with Crippen molar-refractivity contribution in [1.82, 2.24) is 19.5 Å². The second-order valence-electron chi connectivity index (χ2n) is 8.74. The lowest BCUT2D eigenvalue weighted by atomic mass is 9.96. The number of carbonyl (C=O) groups excluding carboxylic acids is 2. The number of nitrogen functional groups attached to an aromatic ring is 1. The van der Waals surface area contributed by atoms with Crippen LogP contribution in [0.4, 0.5) is 11.5 Å². The Labute approximate surface area is 203 Å². The first-order valence-corrected chi connectivity index (χ1v) is 11.5. The minimum Gasteiger partial charge on any atom is -0.382 e. The monoisotopic (exact) mass is 466 g/mol. The first-order valence-electron chi connectivity index (χ1n) is 11.5. The molecule has 1 fully saturated rings. The molecule has 0 saturated carbocycles.